The topological polar surface area (TPSA) is 46.1 Å². The summed E-state index contributed by atoms with van der Waals surface area (Å²) >= 11 is 11.9. The van der Waals surface area contributed by atoms with Gasteiger partial charge >= 0.3 is 0 Å². The van der Waals surface area contributed by atoms with Crippen molar-refractivity contribution >= 4 is 34.8 Å². The summed E-state index contributed by atoms with van der Waals surface area (Å²) in [5.41, 5.74) is 1.96. The zero-order valence-corrected chi connectivity index (χ0v) is 14.1. The van der Waals surface area contributed by atoms with Gasteiger partial charge in [-0.1, -0.05) is 29.3 Å². The Morgan fingerprint density at radius 2 is 1.75 bits per heavy atom. The number of pyridine rings is 2. The van der Waals surface area contributed by atoms with E-state index in [0.29, 0.717) is 17.1 Å². The summed E-state index contributed by atoms with van der Waals surface area (Å²) in [7, 11) is 0. The minimum atomic E-state index is -0.188. The van der Waals surface area contributed by atoms with Crippen molar-refractivity contribution in [1.29, 1.82) is 0 Å². The molecule has 0 aliphatic carbocycles. The van der Waals surface area contributed by atoms with Crippen LogP contribution < -0.4 is 4.90 Å². The van der Waals surface area contributed by atoms with Crippen LogP contribution in [0.3, 0.4) is 0 Å². The van der Waals surface area contributed by atoms with E-state index in [4.69, 9.17) is 23.2 Å². The van der Waals surface area contributed by atoms with E-state index < -0.39 is 0 Å². The first kappa shape index (κ1) is 16.4. The summed E-state index contributed by atoms with van der Waals surface area (Å²) in [5, 5.41) is 0.880. The highest BCUT2D eigenvalue weighted by Crippen LogP contribution is 2.22. The Bertz CT molecular complexity index is 838. The molecular formula is C18H13Cl2N3O. The lowest BCUT2D eigenvalue weighted by Crippen LogP contribution is -2.30. The van der Waals surface area contributed by atoms with Crippen LogP contribution >= 0.6 is 23.2 Å². The molecule has 3 rings (SSSR count). The van der Waals surface area contributed by atoms with Crippen LogP contribution in [0.5, 0.6) is 0 Å². The normalized spacial score (nSPS) is 10.4. The van der Waals surface area contributed by atoms with Crippen LogP contribution in [-0.2, 0) is 6.54 Å². The molecule has 0 saturated heterocycles. The summed E-state index contributed by atoms with van der Waals surface area (Å²) in [6.07, 6.45) is 3.21. The van der Waals surface area contributed by atoms with E-state index >= 15 is 0 Å². The number of nitrogens with zero attached hydrogens (tertiary/aromatic N) is 3. The molecule has 1 aromatic carbocycles. The Hall–Kier alpha value is -2.43. The molecule has 6 heteroatoms. The molecule has 24 heavy (non-hydrogen) atoms. The molecule has 0 aliphatic rings. The maximum Gasteiger partial charge on any atom is 0.258 e. The van der Waals surface area contributed by atoms with Gasteiger partial charge in [0.25, 0.3) is 5.91 Å². The quantitative estimate of drug-likeness (QED) is 0.639. The van der Waals surface area contributed by atoms with E-state index in [9.17, 15) is 4.79 Å². The maximum absolute atomic E-state index is 13.0. The third-order valence-corrected chi connectivity index (χ3v) is 3.86. The molecule has 0 bridgehead atoms. The minimum absolute atomic E-state index is 0.188. The number of hydrogen-bond donors (Lipinski definition) is 0. The number of amides is 1. The van der Waals surface area contributed by atoms with Crippen molar-refractivity contribution < 1.29 is 4.79 Å². The highest BCUT2D eigenvalue weighted by atomic mass is 35.5. The maximum atomic E-state index is 13.0. The molecule has 0 spiro atoms. The molecule has 0 radical (unpaired) electrons. The van der Waals surface area contributed by atoms with Gasteiger partial charge in [-0.2, -0.15) is 0 Å². The molecule has 1 amide bonds. The van der Waals surface area contributed by atoms with Gasteiger partial charge in [-0.25, -0.2) is 4.98 Å². The van der Waals surface area contributed by atoms with E-state index in [-0.39, 0.29) is 11.1 Å². The number of carbonyl (C=O) groups is 1. The third kappa shape index (κ3) is 3.91. The summed E-state index contributed by atoms with van der Waals surface area (Å²) in [6.45, 7) is 0.335. The SMILES string of the molecule is O=C(c1ccnc(Cl)c1)N(Cc1ccccn1)c1ccc(Cl)cc1. The lowest BCUT2D eigenvalue weighted by atomic mass is 10.2. The van der Waals surface area contributed by atoms with Gasteiger partial charge in [0.1, 0.15) is 5.15 Å². The highest BCUT2D eigenvalue weighted by molar-refractivity contribution is 6.30. The molecule has 0 saturated carbocycles. The summed E-state index contributed by atoms with van der Waals surface area (Å²) in [5.74, 6) is -0.188. The highest BCUT2D eigenvalue weighted by Gasteiger charge is 2.19. The van der Waals surface area contributed by atoms with Crippen molar-refractivity contribution in [2.24, 2.45) is 0 Å². The summed E-state index contributed by atoms with van der Waals surface area (Å²) < 4.78 is 0. The van der Waals surface area contributed by atoms with Crippen molar-refractivity contribution in [3.05, 3.63) is 88.4 Å². The van der Waals surface area contributed by atoms with Crippen LogP contribution in [0.25, 0.3) is 0 Å². The van der Waals surface area contributed by atoms with E-state index in [2.05, 4.69) is 9.97 Å². The molecule has 0 fully saturated rings. The van der Waals surface area contributed by atoms with Crippen molar-refractivity contribution in [3.8, 4) is 0 Å². The van der Waals surface area contributed by atoms with Crippen LogP contribution in [0, 0.1) is 0 Å². The van der Waals surface area contributed by atoms with Crippen LogP contribution in [0.4, 0.5) is 5.69 Å². The number of carbonyl (C=O) groups excluding carboxylic acids is 1. The monoisotopic (exact) mass is 357 g/mol. The molecule has 3 aromatic rings. The van der Waals surface area contributed by atoms with Crippen LogP contribution in [0.1, 0.15) is 16.1 Å². The average molecular weight is 358 g/mol. The van der Waals surface area contributed by atoms with Gasteiger partial charge < -0.3 is 4.90 Å². The van der Waals surface area contributed by atoms with E-state index in [1.54, 1.807) is 47.5 Å². The number of anilines is 1. The smallest absolute Gasteiger partial charge is 0.258 e. The second kappa shape index (κ2) is 7.43. The van der Waals surface area contributed by atoms with Crippen LogP contribution in [0.15, 0.2) is 67.0 Å². The van der Waals surface area contributed by atoms with Gasteiger partial charge in [-0.15, -0.1) is 0 Å². The van der Waals surface area contributed by atoms with Crippen molar-refractivity contribution in [1.82, 2.24) is 9.97 Å². The number of halogens is 2. The van der Waals surface area contributed by atoms with E-state index in [0.717, 1.165) is 11.4 Å². The first-order valence-electron chi connectivity index (χ1n) is 7.22. The second-order valence-electron chi connectivity index (χ2n) is 5.06. The van der Waals surface area contributed by atoms with Gasteiger partial charge in [-0.3, -0.25) is 9.78 Å². The molecule has 0 unspecified atom stereocenters. The zero-order valence-electron chi connectivity index (χ0n) is 12.6. The lowest BCUT2D eigenvalue weighted by molar-refractivity contribution is 0.0984. The van der Waals surface area contributed by atoms with Crippen LogP contribution in [-0.4, -0.2) is 15.9 Å². The number of hydrogen-bond acceptors (Lipinski definition) is 3. The van der Waals surface area contributed by atoms with Crippen LogP contribution in [0.2, 0.25) is 10.2 Å². The number of benzene rings is 1. The first-order chi connectivity index (χ1) is 11.6. The van der Waals surface area contributed by atoms with Gasteiger partial charge in [-0.05, 0) is 48.5 Å². The van der Waals surface area contributed by atoms with Crippen molar-refractivity contribution in [2.75, 3.05) is 4.90 Å². The Morgan fingerprint density at radius 1 is 0.958 bits per heavy atom. The molecule has 2 heterocycles. The molecule has 4 nitrogen and oxygen atoms in total. The predicted octanol–water partition coefficient (Wildman–Crippen LogP) is 4.63. The Kier molecular flexibility index (Phi) is 5.08. The van der Waals surface area contributed by atoms with E-state index in [1.165, 1.54) is 6.20 Å². The van der Waals surface area contributed by atoms with Gasteiger partial charge in [0, 0.05) is 28.7 Å². The summed E-state index contributed by atoms with van der Waals surface area (Å²) in [6, 6.07) is 15.9. The molecule has 0 aliphatic heterocycles. The molecule has 2 aromatic heterocycles. The molecule has 0 N–H and O–H groups in total. The number of aromatic nitrogens is 2. The van der Waals surface area contributed by atoms with Gasteiger partial charge in [0.15, 0.2) is 0 Å². The molecule has 120 valence electrons. The fourth-order valence-corrected chi connectivity index (χ4v) is 2.55. The molecule has 0 atom stereocenters. The third-order valence-electron chi connectivity index (χ3n) is 3.40. The fourth-order valence-electron chi connectivity index (χ4n) is 2.25. The lowest BCUT2D eigenvalue weighted by Gasteiger charge is -2.23. The fraction of sp³-hybridized carbons (Fsp3) is 0.0556. The Morgan fingerprint density at radius 3 is 2.42 bits per heavy atom. The van der Waals surface area contributed by atoms with E-state index in [1.807, 2.05) is 18.2 Å². The molecular weight excluding hydrogens is 345 g/mol. The largest absolute Gasteiger partial charge is 0.302 e. The number of rotatable bonds is 4. The average Bonchev–Trinajstić information content (AvgIpc) is 2.61. The summed E-state index contributed by atoms with van der Waals surface area (Å²) in [4.78, 5) is 22.8. The van der Waals surface area contributed by atoms with Gasteiger partial charge in [0.05, 0.1) is 12.2 Å². The van der Waals surface area contributed by atoms with Crippen molar-refractivity contribution in [3.63, 3.8) is 0 Å². The first-order valence-corrected chi connectivity index (χ1v) is 7.98. The minimum Gasteiger partial charge on any atom is -0.302 e. The Balaban J connectivity index is 1.97. The van der Waals surface area contributed by atoms with Crippen molar-refractivity contribution in [2.45, 2.75) is 6.54 Å². The Labute approximate surface area is 149 Å². The van der Waals surface area contributed by atoms with Gasteiger partial charge in [0.2, 0.25) is 0 Å². The standard InChI is InChI=1S/C18H13Cl2N3O/c19-14-4-6-16(7-5-14)23(12-15-3-1-2-9-21-15)18(24)13-8-10-22-17(20)11-13/h1-11H,12H2. The zero-order chi connectivity index (χ0) is 16.9. The predicted molar refractivity (Wildman–Crippen MR) is 95.4 cm³/mol. The second-order valence-corrected chi connectivity index (χ2v) is 5.88.